The van der Waals surface area contributed by atoms with Gasteiger partial charge in [-0.1, -0.05) is 72.3 Å². The molecule has 3 nitrogen and oxygen atoms in total. The summed E-state index contributed by atoms with van der Waals surface area (Å²) in [6.07, 6.45) is 3.50. The van der Waals surface area contributed by atoms with Crippen molar-refractivity contribution in [2.75, 3.05) is 13.1 Å². The molecule has 36 heavy (non-hydrogen) atoms. The van der Waals surface area contributed by atoms with E-state index in [2.05, 4.69) is 72.5 Å². The molecule has 1 heterocycles. The second kappa shape index (κ2) is 10.5. The van der Waals surface area contributed by atoms with Crippen LogP contribution in [0.4, 0.5) is 0 Å². The van der Waals surface area contributed by atoms with Crippen LogP contribution < -0.4 is 0 Å². The van der Waals surface area contributed by atoms with Crippen LogP contribution in [-0.2, 0) is 16.1 Å². The summed E-state index contributed by atoms with van der Waals surface area (Å²) >= 11 is 0. The van der Waals surface area contributed by atoms with Gasteiger partial charge in [0, 0.05) is 18.9 Å². The Kier molecular flexibility index (Phi) is 7.20. The third kappa shape index (κ3) is 5.22. The van der Waals surface area contributed by atoms with Crippen molar-refractivity contribution in [3.8, 4) is 11.1 Å². The van der Waals surface area contributed by atoms with Gasteiger partial charge < -0.3 is 0 Å². The number of hydrogen-bond donors (Lipinski definition) is 0. The van der Waals surface area contributed by atoms with Crippen LogP contribution in [0.15, 0.2) is 66.7 Å². The summed E-state index contributed by atoms with van der Waals surface area (Å²) in [6.45, 7) is 9.22. The molecule has 3 aromatic carbocycles. The van der Waals surface area contributed by atoms with Crippen molar-refractivity contribution < 1.29 is 9.59 Å². The van der Waals surface area contributed by atoms with Crippen LogP contribution in [0.3, 0.4) is 0 Å². The van der Waals surface area contributed by atoms with E-state index in [4.69, 9.17) is 0 Å². The van der Waals surface area contributed by atoms with Gasteiger partial charge in [-0.3, -0.25) is 14.5 Å². The van der Waals surface area contributed by atoms with Crippen LogP contribution >= 0.6 is 0 Å². The molecule has 0 spiro atoms. The van der Waals surface area contributed by atoms with Crippen molar-refractivity contribution in [2.45, 2.75) is 58.9 Å². The van der Waals surface area contributed by atoms with Crippen molar-refractivity contribution in [1.29, 1.82) is 0 Å². The first-order valence-corrected chi connectivity index (χ1v) is 13.4. The highest BCUT2D eigenvalue weighted by molar-refractivity contribution is 6.15. The smallest absolute Gasteiger partial charge is 0.151 e. The van der Waals surface area contributed by atoms with Crippen molar-refractivity contribution in [2.24, 2.45) is 11.8 Å². The molecular weight excluding hydrogens is 442 g/mol. The Morgan fingerprint density at radius 3 is 2.06 bits per heavy atom. The molecule has 2 aliphatic rings. The van der Waals surface area contributed by atoms with Gasteiger partial charge in [-0.05, 0) is 92.4 Å². The molecule has 0 radical (unpaired) electrons. The summed E-state index contributed by atoms with van der Waals surface area (Å²) < 4.78 is 0. The standard InChI is InChI=1S/C33H37NO2/c1-22-17-23(2)31(24(3)18-22)32-30(35)20-29(33(32)36)19-25-13-15-34(16-14-25)21-26-9-11-28(12-10-26)27-7-5-4-6-8-27/h4-12,17-18,25,29,32H,13-16,19-21H2,1-3H3. The summed E-state index contributed by atoms with van der Waals surface area (Å²) in [6, 6.07) is 23.6. The van der Waals surface area contributed by atoms with E-state index >= 15 is 0 Å². The number of hydrogen-bond acceptors (Lipinski definition) is 3. The fourth-order valence-corrected chi connectivity index (χ4v) is 6.48. The van der Waals surface area contributed by atoms with Gasteiger partial charge in [0.25, 0.3) is 0 Å². The van der Waals surface area contributed by atoms with Crippen LogP contribution in [0.1, 0.15) is 59.4 Å². The molecule has 186 valence electrons. The minimum absolute atomic E-state index is 0.107. The second-order valence-corrected chi connectivity index (χ2v) is 11.0. The van der Waals surface area contributed by atoms with E-state index in [1.54, 1.807) is 0 Å². The van der Waals surface area contributed by atoms with Crippen molar-refractivity contribution in [3.63, 3.8) is 0 Å². The number of aryl methyl sites for hydroxylation is 3. The molecule has 0 bridgehead atoms. The average molecular weight is 480 g/mol. The summed E-state index contributed by atoms with van der Waals surface area (Å²) in [5, 5.41) is 0. The SMILES string of the molecule is Cc1cc(C)c(C2C(=O)CC(CC3CCN(Cc4ccc(-c5ccccc5)cc4)CC3)C2=O)c(C)c1. The Bertz CT molecular complexity index is 1210. The van der Waals surface area contributed by atoms with Gasteiger partial charge in [-0.25, -0.2) is 0 Å². The highest BCUT2D eigenvalue weighted by Gasteiger charge is 2.43. The predicted molar refractivity (Wildman–Crippen MR) is 146 cm³/mol. The van der Waals surface area contributed by atoms with Gasteiger partial charge in [0.15, 0.2) is 5.78 Å². The number of Topliss-reactive ketones (excluding diaryl/α,β-unsaturated/α-hetero) is 2. The first-order chi connectivity index (χ1) is 17.4. The number of rotatable bonds is 6. The van der Waals surface area contributed by atoms with Gasteiger partial charge in [0.2, 0.25) is 0 Å². The van der Waals surface area contributed by atoms with E-state index in [0.29, 0.717) is 12.3 Å². The summed E-state index contributed by atoms with van der Waals surface area (Å²) in [4.78, 5) is 28.9. The van der Waals surface area contributed by atoms with Crippen molar-refractivity contribution in [1.82, 2.24) is 4.90 Å². The number of carbonyl (C=O) groups excluding carboxylic acids is 2. The Balaban J connectivity index is 1.15. The number of ketones is 2. The topological polar surface area (TPSA) is 37.4 Å². The number of nitrogens with zero attached hydrogens (tertiary/aromatic N) is 1. The fourth-order valence-electron chi connectivity index (χ4n) is 6.48. The molecule has 0 N–H and O–H groups in total. The van der Waals surface area contributed by atoms with E-state index in [0.717, 1.165) is 55.6 Å². The zero-order valence-electron chi connectivity index (χ0n) is 21.8. The number of likely N-dealkylation sites (tertiary alicyclic amines) is 1. The lowest BCUT2D eigenvalue weighted by molar-refractivity contribution is -0.125. The molecule has 0 amide bonds. The second-order valence-electron chi connectivity index (χ2n) is 11.0. The molecule has 3 heteroatoms. The molecule has 2 unspecified atom stereocenters. The molecule has 1 aliphatic carbocycles. The number of piperidine rings is 1. The van der Waals surface area contributed by atoms with E-state index in [1.165, 1.54) is 22.3 Å². The van der Waals surface area contributed by atoms with Gasteiger partial charge in [0.1, 0.15) is 11.7 Å². The summed E-state index contributed by atoms with van der Waals surface area (Å²) in [5.74, 6) is 0.161. The highest BCUT2D eigenvalue weighted by Crippen LogP contribution is 2.40. The van der Waals surface area contributed by atoms with E-state index < -0.39 is 5.92 Å². The van der Waals surface area contributed by atoms with Crippen molar-refractivity contribution >= 4 is 11.6 Å². The lowest BCUT2D eigenvalue weighted by Gasteiger charge is -2.33. The third-order valence-electron chi connectivity index (χ3n) is 8.28. The molecule has 1 saturated heterocycles. The van der Waals surface area contributed by atoms with Gasteiger partial charge in [-0.15, -0.1) is 0 Å². The number of benzene rings is 3. The third-order valence-corrected chi connectivity index (χ3v) is 8.28. The predicted octanol–water partition coefficient (Wildman–Crippen LogP) is 6.82. The van der Waals surface area contributed by atoms with Crippen LogP contribution in [0.5, 0.6) is 0 Å². The Hall–Kier alpha value is -3.04. The van der Waals surface area contributed by atoms with Gasteiger partial charge in [0.05, 0.1) is 0 Å². The van der Waals surface area contributed by atoms with E-state index in [9.17, 15) is 9.59 Å². The Morgan fingerprint density at radius 1 is 0.806 bits per heavy atom. The normalized spacial score (nSPS) is 21.3. The average Bonchev–Trinajstić information content (AvgIpc) is 3.13. The molecule has 0 aromatic heterocycles. The Labute approximate surface area is 215 Å². The summed E-state index contributed by atoms with van der Waals surface area (Å²) in [5.41, 5.74) is 8.14. The lowest BCUT2D eigenvalue weighted by atomic mass is 9.83. The highest BCUT2D eigenvalue weighted by atomic mass is 16.2. The first-order valence-electron chi connectivity index (χ1n) is 13.4. The lowest BCUT2D eigenvalue weighted by Crippen LogP contribution is -2.34. The van der Waals surface area contributed by atoms with Crippen LogP contribution in [0.25, 0.3) is 11.1 Å². The maximum Gasteiger partial charge on any atom is 0.151 e. The van der Waals surface area contributed by atoms with Gasteiger partial charge in [-0.2, -0.15) is 0 Å². The summed E-state index contributed by atoms with van der Waals surface area (Å²) in [7, 11) is 0. The van der Waals surface area contributed by atoms with Crippen LogP contribution in [0, 0.1) is 32.6 Å². The molecular formula is C33H37NO2. The van der Waals surface area contributed by atoms with Crippen molar-refractivity contribution in [3.05, 3.63) is 94.5 Å². The molecule has 2 fully saturated rings. The molecule has 1 saturated carbocycles. The largest absolute Gasteiger partial charge is 0.299 e. The minimum Gasteiger partial charge on any atom is -0.299 e. The van der Waals surface area contributed by atoms with Crippen LogP contribution in [0.2, 0.25) is 0 Å². The molecule has 2 atom stereocenters. The zero-order chi connectivity index (χ0) is 25.2. The minimum atomic E-state index is -0.547. The maximum absolute atomic E-state index is 13.4. The molecule has 1 aliphatic heterocycles. The number of carbonyl (C=O) groups is 2. The zero-order valence-corrected chi connectivity index (χ0v) is 21.8. The Morgan fingerprint density at radius 2 is 1.42 bits per heavy atom. The van der Waals surface area contributed by atoms with Crippen LogP contribution in [-0.4, -0.2) is 29.6 Å². The molecule has 3 aromatic rings. The maximum atomic E-state index is 13.4. The monoisotopic (exact) mass is 479 g/mol. The van der Waals surface area contributed by atoms with E-state index in [-0.39, 0.29) is 17.5 Å². The fraction of sp³-hybridized carbons (Fsp3) is 0.394. The quantitative estimate of drug-likeness (QED) is 0.364. The first kappa shape index (κ1) is 24.6. The molecule has 5 rings (SSSR count). The van der Waals surface area contributed by atoms with E-state index in [1.807, 2.05) is 19.9 Å². The van der Waals surface area contributed by atoms with Gasteiger partial charge >= 0.3 is 0 Å².